The Balaban J connectivity index is 0.000000386. The van der Waals surface area contributed by atoms with Crippen LogP contribution in [-0.2, 0) is 7.05 Å². The quantitative estimate of drug-likeness (QED) is 0.385. The average Bonchev–Trinajstić information content (AvgIpc) is 3.02. The van der Waals surface area contributed by atoms with Gasteiger partial charge in [0, 0.05) is 24.6 Å². The molecule has 1 heterocycles. The van der Waals surface area contributed by atoms with Gasteiger partial charge in [-0.25, -0.2) is 4.39 Å². The Morgan fingerprint density at radius 1 is 1.07 bits per heavy atom. The zero-order valence-corrected chi connectivity index (χ0v) is 21.3. The summed E-state index contributed by atoms with van der Waals surface area (Å²) in [6.07, 6.45) is 3.64. The highest BCUT2D eigenvalue weighted by Gasteiger charge is 2.38. The molecule has 0 spiro atoms. The summed E-state index contributed by atoms with van der Waals surface area (Å²) in [6, 6.07) is 13.0. The van der Waals surface area contributed by atoms with E-state index in [4.69, 9.17) is 4.43 Å². The second-order valence-electron chi connectivity index (χ2n) is 8.81. The fourth-order valence-corrected chi connectivity index (χ4v) is 3.70. The normalized spacial score (nSPS) is 11.5. The Kier molecular flexibility index (Phi) is 7.88. The molecule has 0 aliphatic heterocycles. The predicted molar refractivity (Wildman–Crippen MR) is 130 cm³/mol. The summed E-state index contributed by atoms with van der Waals surface area (Å²) in [7, 11) is 0.0587. The van der Waals surface area contributed by atoms with Crippen molar-refractivity contribution in [2.75, 3.05) is 5.32 Å². The summed E-state index contributed by atoms with van der Waals surface area (Å²) in [4.78, 5) is 0. The summed E-state index contributed by atoms with van der Waals surface area (Å²) in [5, 5.41) is 7.26. The van der Waals surface area contributed by atoms with Gasteiger partial charge in [0.15, 0.2) is 0 Å². The van der Waals surface area contributed by atoms with Gasteiger partial charge in [-0.3, -0.25) is 4.68 Å². The van der Waals surface area contributed by atoms with Crippen LogP contribution in [0, 0.1) is 12.7 Å². The van der Waals surface area contributed by atoms with Gasteiger partial charge < -0.3 is 9.74 Å². The van der Waals surface area contributed by atoms with Crippen molar-refractivity contribution < 1.29 is 8.82 Å². The minimum Gasteiger partial charge on any atom is -0.544 e. The summed E-state index contributed by atoms with van der Waals surface area (Å²) in [5.74, 6) is 0.685. The van der Waals surface area contributed by atoms with Crippen LogP contribution in [0.2, 0.25) is 18.1 Å². The number of aryl methyl sites for hydroxylation is 2. The predicted octanol–water partition coefficient (Wildman–Crippen LogP) is 7.44. The Morgan fingerprint density at radius 3 is 2.10 bits per heavy atom. The Bertz CT molecular complexity index is 949. The van der Waals surface area contributed by atoms with E-state index in [1.54, 1.807) is 23.9 Å². The lowest BCUT2D eigenvalue weighted by atomic mass is 10.2. The van der Waals surface area contributed by atoms with E-state index in [9.17, 15) is 4.39 Å². The molecule has 0 radical (unpaired) electrons. The number of benzene rings is 2. The fraction of sp³-hybridized carbons (Fsp3) is 0.348. The van der Waals surface area contributed by atoms with Gasteiger partial charge in [0.25, 0.3) is 0 Å². The third-order valence-corrected chi connectivity index (χ3v) is 9.94. The van der Waals surface area contributed by atoms with Crippen molar-refractivity contribution in [3.8, 4) is 5.75 Å². The minimum absolute atomic E-state index is 0.170. The third kappa shape index (κ3) is 6.99. The summed E-state index contributed by atoms with van der Waals surface area (Å²) in [5.41, 5.74) is 2.30. The lowest BCUT2D eigenvalue weighted by Gasteiger charge is -2.36. The molecule has 0 aliphatic rings. The summed E-state index contributed by atoms with van der Waals surface area (Å²) in [6.45, 7) is 12.9. The second kappa shape index (κ2) is 9.79. The van der Waals surface area contributed by atoms with Crippen LogP contribution < -0.4 is 9.74 Å². The lowest BCUT2D eigenvalue weighted by molar-refractivity contribution is 0.492. The van der Waals surface area contributed by atoms with Crippen LogP contribution in [0.1, 0.15) is 26.3 Å². The van der Waals surface area contributed by atoms with Gasteiger partial charge in [-0.2, -0.15) is 5.10 Å². The Morgan fingerprint density at radius 2 is 1.67 bits per heavy atom. The molecule has 2 aromatic carbocycles. The smallest absolute Gasteiger partial charge is 0.250 e. The number of anilines is 2. The molecule has 7 heteroatoms. The first-order valence-corrected chi connectivity index (χ1v) is 13.5. The number of nitrogens with one attached hydrogen (secondary N) is 1. The van der Waals surface area contributed by atoms with Crippen LogP contribution in [0.25, 0.3) is 0 Å². The number of hydrogen-bond donors (Lipinski definition) is 1. The van der Waals surface area contributed by atoms with E-state index < -0.39 is 8.32 Å². The maximum absolute atomic E-state index is 13.6. The standard InChI is InChI=1S/C19H26FNOSi.C4H5BrN2/c1-14-7-8-16(13-18(14)20)21-15-9-11-17(12-10-15)22-23(5,6)19(2,3)4;1-7-3-4(5)2-6-7/h7-13,21H,1-6H3;2-3H,1H3. The lowest BCUT2D eigenvalue weighted by Crippen LogP contribution is -2.43. The number of nitrogens with zero attached hydrogens (tertiary/aromatic N) is 2. The van der Waals surface area contributed by atoms with Crippen molar-refractivity contribution in [1.82, 2.24) is 9.78 Å². The summed E-state index contributed by atoms with van der Waals surface area (Å²) >= 11 is 3.25. The molecule has 0 saturated carbocycles. The van der Waals surface area contributed by atoms with E-state index in [1.807, 2.05) is 43.6 Å². The highest BCUT2D eigenvalue weighted by atomic mass is 79.9. The Hall–Kier alpha value is -2.12. The van der Waals surface area contributed by atoms with Gasteiger partial charge in [-0.1, -0.05) is 26.8 Å². The van der Waals surface area contributed by atoms with Crippen LogP contribution in [0.15, 0.2) is 59.3 Å². The van der Waals surface area contributed by atoms with Crippen molar-refractivity contribution >= 4 is 35.6 Å². The van der Waals surface area contributed by atoms with Crippen molar-refractivity contribution in [2.24, 2.45) is 7.05 Å². The van der Waals surface area contributed by atoms with Crippen molar-refractivity contribution in [3.05, 3.63) is 70.7 Å². The molecule has 0 amide bonds. The first kappa shape index (κ1) is 24.1. The molecule has 1 N–H and O–H groups in total. The molecule has 0 fully saturated rings. The van der Waals surface area contributed by atoms with E-state index in [0.717, 1.165) is 21.6 Å². The highest BCUT2D eigenvalue weighted by molar-refractivity contribution is 9.10. The molecule has 1 aromatic heterocycles. The topological polar surface area (TPSA) is 39.1 Å². The van der Waals surface area contributed by atoms with E-state index in [1.165, 1.54) is 6.07 Å². The third-order valence-electron chi connectivity index (χ3n) is 5.17. The van der Waals surface area contributed by atoms with Crippen molar-refractivity contribution in [2.45, 2.75) is 45.8 Å². The van der Waals surface area contributed by atoms with Gasteiger partial charge in [-0.15, -0.1) is 0 Å². The SMILES string of the molecule is Cc1ccc(Nc2ccc(O[Si](C)(C)C(C)(C)C)cc2)cc1F.Cn1cc(Br)cn1. The zero-order valence-electron chi connectivity index (χ0n) is 18.8. The highest BCUT2D eigenvalue weighted by Crippen LogP contribution is 2.37. The largest absolute Gasteiger partial charge is 0.544 e. The molecule has 0 aliphatic carbocycles. The molecule has 3 aromatic rings. The van der Waals surface area contributed by atoms with Crippen molar-refractivity contribution in [3.63, 3.8) is 0 Å². The number of rotatable bonds is 4. The second-order valence-corrected chi connectivity index (χ2v) is 14.4. The van der Waals surface area contributed by atoms with Gasteiger partial charge in [0.05, 0.1) is 10.7 Å². The molecule has 162 valence electrons. The number of hydrogen-bond acceptors (Lipinski definition) is 3. The number of aromatic nitrogens is 2. The first-order chi connectivity index (χ1) is 13.9. The molecule has 0 saturated heterocycles. The van der Waals surface area contributed by atoms with Gasteiger partial charge in [-0.05, 0) is 82.9 Å². The molecule has 3 rings (SSSR count). The average molecular weight is 493 g/mol. The molecular formula is C23H31BrFN3OSi. The Labute approximate surface area is 188 Å². The molecule has 0 unspecified atom stereocenters. The van der Waals surface area contributed by atoms with Crippen molar-refractivity contribution in [1.29, 1.82) is 0 Å². The van der Waals surface area contributed by atoms with Crippen LogP contribution in [0.5, 0.6) is 5.75 Å². The van der Waals surface area contributed by atoms with Crippen LogP contribution in [-0.4, -0.2) is 18.1 Å². The van der Waals surface area contributed by atoms with Gasteiger partial charge in [0.1, 0.15) is 11.6 Å². The zero-order chi connectivity index (χ0) is 22.5. The summed E-state index contributed by atoms with van der Waals surface area (Å²) < 4.78 is 22.6. The van der Waals surface area contributed by atoms with Gasteiger partial charge in [0.2, 0.25) is 8.32 Å². The monoisotopic (exact) mass is 491 g/mol. The minimum atomic E-state index is -1.82. The molecule has 4 nitrogen and oxygen atoms in total. The first-order valence-electron chi connectivity index (χ1n) is 9.84. The molecule has 30 heavy (non-hydrogen) atoms. The van der Waals surface area contributed by atoms with E-state index in [2.05, 4.69) is 60.2 Å². The van der Waals surface area contributed by atoms with Crippen LogP contribution in [0.4, 0.5) is 15.8 Å². The van der Waals surface area contributed by atoms with Gasteiger partial charge >= 0.3 is 0 Å². The molecule has 0 atom stereocenters. The fourth-order valence-electron chi connectivity index (χ4n) is 2.28. The molecular weight excluding hydrogens is 461 g/mol. The maximum Gasteiger partial charge on any atom is 0.250 e. The van der Waals surface area contributed by atoms with E-state index >= 15 is 0 Å². The van der Waals surface area contributed by atoms with E-state index in [-0.39, 0.29) is 10.9 Å². The maximum atomic E-state index is 13.6. The number of halogens is 2. The van der Waals surface area contributed by atoms with E-state index in [0.29, 0.717) is 5.56 Å². The van der Waals surface area contributed by atoms with Crippen LogP contribution >= 0.6 is 15.9 Å². The molecule has 0 bridgehead atoms. The van der Waals surface area contributed by atoms with Crippen LogP contribution in [0.3, 0.4) is 0 Å².